The number of anilines is 1. The molecule has 2 aromatic rings. The number of amides is 3. The van der Waals surface area contributed by atoms with Gasteiger partial charge in [-0.05, 0) is 54.4 Å². The Balaban J connectivity index is 1.88. The van der Waals surface area contributed by atoms with Crippen LogP contribution in [-0.4, -0.2) is 24.8 Å². The Morgan fingerprint density at radius 1 is 0.852 bits per heavy atom. The zero-order chi connectivity index (χ0) is 19.8. The van der Waals surface area contributed by atoms with Gasteiger partial charge in [-0.2, -0.15) is 0 Å². The molecule has 0 spiro atoms. The Morgan fingerprint density at radius 3 is 1.78 bits per heavy atom. The molecule has 0 aliphatic rings. The van der Waals surface area contributed by atoms with Crippen LogP contribution < -0.4 is 20.9 Å². The molecule has 2 rings (SSSR count). The second kappa shape index (κ2) is 9.38. The molecule has 142 valence electrons. The summed E-state index contributed by atoms with van der Waals surface area (Å²) in [7, 11) is 1.54. The lowest BCUT2D eigenvalue weighted by Gasteiger charge is -2.09. The summed E-state index contributed by atoms with van der Waals surface area (Å²) in [6.07, 6.45) is 0.430. The molecule has 0 aliphatic heterocycles. The van der Waals surface area contributed by atoms with Crippen molar-refractivity contribution in [1.82, 2.24) is 10.9 Å². The van der Waals surface area contributed by atoms with Gasteiger partial charge in [0.15, 0.2) is 0 Å². The van der Waals surface area contributed by atoms with Gasteiger partial charge in [-0.15, -0.1) is 0 Å². The van der Waals surface area contributed by atoms with Gasteiger partial charge >= 0.3 is 0 Å². The number of methoxy groups -OCH3 is 1. The van der Waals surface area contributed by atoms with Crippen molar-refractivity contribution in [3.05, 3.63) is 59.7 Å². The van der Waals surface area contributed by atoms with Crippen molar-refractivity contribution in [2.24, 2.45) is 5.92 Å². The van der Waals surface area contributed by atoms with Gasteiger partial charge in [-0.25, -0.2) is 0 Å². The Labute approximate surface area is 158 Å². The van der Waals surface area contributed by atoms with Gasteiger partial charge in [0.05, 0.1) is 7.11 Å². The summed E-state index contributed by atoms with van der Waals surface area (Å²) in [5, 5.41) is 2.77. The highest BCUT2D eigenvalue weighted by atomic mass is 16.5. The fourth-order valence-electron chi connectivity index (χ4n) is 2.29. The van der Waals surface area contributed by atoms with Gasteiger partial charge in [-0.1, -0.05) is 13.8 Å². The van der Waals surface area contributed by atoms with Crippen LogP contribution in [0.15, 0.2) is 48.5 Å². The maximum absolute atomic E-state index is 12.1. The van der Waals surface area contributed by atoms with Crippen LogP contribution in [0.2, 0.25) is 0 Å². The van der Waals surface area contributed by atoms with Crippen molar-refractivity contribution in [3.63, 3.8) is 0 Å². The van der Waals surface area contributed by atoms with Crippen molar-refractivity contribution >= 4 is 23.4 Å². The standard InChI is InChI=1S/C20H23N3O4/c1-13(2)12-18(24)21-16-8-4-14(5-9-16)19(25)22-23-20(26)15-6-10-17(27-3)11-7-15/h4-11,13H,12H2,1-3H3,(H,21,24)(H,22,25)(H,23,26). The first-order valence-electron chi connectivity index (χ1n) is 8.53. The molecule has 0 bridgehead atoms. The average Bonchev–Trinajstić information content (AvgIpc) is 2.65. The number of carbonyl (C=O) groups excluding carboxylic acids is 3. The Bertz CT molecular complexity index is 799. The number of ether oxygens (including phenoxy) is 1. The minimum Gasteiger partial charge on any atom is -0.497 e. The number of hydrogen-bond donors (Lipinski definition) is 3. The maximum atomic E-state index is 12.1. The van der Waals surface area contributed by atoms with Crippen LogP contribution in [-0.2, 0) is 4.79 Å². The molecule has 7 nitrogen and oxygen atoms in total. The number of benzene rings is 2. The number of carbonyl (C=O) groups is 3. The summed E-state index contributed by atoms with van der Waals surface area (Å²) in [6, 6.07) is 12.9. The molecule has 27 heavy (non-hydrogen) atoms. The first kappa shape index (κ1) is 20.0. The number of hydrazine groups is 1. The van der Waals surface area contributed by atoms with E-state index < -0.39 is 11.8 Å². The molecule has 0 heterocycles. The molecule has 0 fully saturated rings. The third kappa shape index (κ3) is 6.14. The molecule has 2 aromatic carbocycles. The molecule has 0 aliphatic carbocycles. The Kier molecular flexibility index (Phi) is 6.93. The van der Waals surface area contributed by atoms with Gasteiger partial charge in [0.1, 0.15) is 5.75 Å². The van der Waals surface area contributed by atoms with E-state index >= 15 is 0 Å². The molecule has 3 N–H and O–H groups in total. The predicted octanol–water partition coefficient (Wildman–Crippen LogP) is 2.75. The van der Waals surface area contributed by atoms with Crippen LogP contribution in [0.5, 0.6) is 5.75 Å². The van der Waals surface area contributed by atoms with Crippen LogP contribution in [0, 0.1) is 5.92 Å². The average molecular weight is 369 g/mol. The maximum Gasteiger partial charge on any atom is 0.269 e. The zero-order valence-corrected chi connectivity index (χ0v) is 15.5. The molecule has 0 aromatic heterocycles. The Hall–Kier alpha value is -3.35. The van der Waals surface area contributed by atoms with Crippen molar-refractivity contribution in [2.75, 3.05) is 12.4 Å². The van der Waals surface area contributed by atoms with Gasteiger partial charge in [0, 0.05) is 23.2 Å². The molecule has 0 radical (unpaired) electrons. The van der Waals surface area contributed by atoms with E-state index in [9.17, 15) is 14.4 Å². The first-order valence-corrected chi connectivity index (χ1v) is 8.53. The summed E-state index contributed by atoms with van der Waals surface area (Å²) in [5.74, 6) is -0.0741. The molecule has 0 unspecified atom stereocenters. The van der Waals surface area contributed by atoms with Crippen LogP contribution >= 0.6 is 0 Å². The van der Waals surface area contributed by atoms with Gasteiger partial charge in [0.25, 0.3) is 11.8 Å². The normalized spacial score (nSPS) is 10.2. The fraction of sp³-hybridized carbons (Fsp3) is 0.250. The quantitative estimate of drug-likeness (QED) is 0.682. The highest BCUT2D eigenvalue weighted by Crippen LogP contribution is 2.12. The summed E-state index contributed by atoms with van der Waals surface area (Å²) >= 11 is 0. The van der Waals surface area contributed by atoms with E-state index in [2.05, 4.69) is 16.2 Å². The summed E-state index contributed by atoms with van der Waals surface area (Å²) in [4.78, 5) is 35.9. The molecule has 7 heteroatoms. The summed E-state index contributed by atoms with van der Waals surface area (Å²) in [5.41, 5.74) is 6.06. The van der Waals surface area contributed by atoms with Crippen molar-refractivity contribution < 1.29 is 19.1 Å². The highest BCUT2D eigenvalue weighted by molar-refractivity contribution is 5.99. The van der Waals surface area contributed by atoms with E-state index in [1.165, 1.54) is 7.11 Å². The molecule has 0 saturated heterocycles. The van der Waals surface area contributed by atoms with E-state index in [4.69, 9.17) is 4.74 Å². The van der Waals surface area contributed by atoms with E-state index in [0.717, 1.165) is 0 Å². The van der Waals surface area contributed by atoms with Crippen molar-refractivity contribution in [1.29, 1.82) is 0 Å². The highest BCUT2D eigenvalue weighted by Gasteiger charge is 2.10. The Morgan fingerprint density at radius 2 is 1.33 bits per heavy atom. The van der Waals surface area contributed by atoms with Gasteiger partial charge < -0.3 is 10.1 Å². The van der Waals surface area contributed by atoms with E-state index in [-0.39, 0.29) is 11.8 Å². The molecular weight excluding hydrogens is 346 g/mol. The molecule has 0 saturated carbocycles. The summed E-state index contributed by atoms with van der Waals surface area (Å²) in [6.45, 7) is 3.93. The third-order valence-corrected chi connectivity index (χ3v) is 3.67. The smallest absolute Gasteiger partial charge is 0.269 e. The van der Waals surface area contributed by atoms with E-state index in [1.807, 2.05) is 13.8 Å². The minimum absolute atomic E-state index is 0.0750. The monoisotopic (exact) mass is 369 g/mol. The van der Waals surface area contributed by atoms with Gasteiger partial charge in [-0.3, -0.25) is 25.2 Å². The number of nitrogens with one attached hydrogen (secondary N) is 3. The number of rotatable bonds is 6. The SMILES string of the molecule is COc1ccc(C(=O)NNC(=O)c2ccc(NC(=O)CC(C)C)cc2)cc1. The van der Waals surface area contributed by atoms with E-state index in [1.54, 1.807) is 48.5 Å². The second-order valence-electron chi connectivity index (χ2n) is 6.36. The molecular formula is C20H23N3O4. The lowest BCUT2D eigenvalue weighted by Crippen LogP contribution is -2.41. The fourth-order valence-corrected chi connectivity index (χ4v) is 2.29. The minimum atomic E-state index is -0.461. The van der Waals surface area contributed by atoms with Crippen LogP contribution in [0.25, 0.3) is 0 Å². The lowest BCUT2D eigenvalue weighted by molar-refractivity contribution is -0.116. The van der Waals surface area contributed by atoms with Gasteiger partial charge in [0.2, 0.25) is 5.91 Å². The number of hydrogen-bond acceptors (Lipinski definition) is 4. The van der Waals surface area contributed by atoms with Crippen molar-refractivity contribution in [2.45, 2.75) is 20.3 Å². The predicted molar refractivity (Wildman–Crippen MR) is 102 cm³/mol. The zero-order valence-electron chi connectivity index (χ0n) is 15.5. The topological polar surface area (TPSA) is 96.5 Å². The second-order valence-corrected chi connectivity index (χ2v) is 6.36. The molecule has 0 atom stereocenters. The van der Waals surface area contributed by atoms with Crippen LogP contribution in [0.4, 0.5) is 5.69 Å². The lowest BCUT2D eigenvalue weighted by atomic mass is 10.1. The van der Waals surface area contributed by atoms with Crippen LogP contribution in [0.3, 0.4) is 0 Å². The first-order chi connectivity index (χ1) is 12.9. The van der Waals surface area contributed by atoms with Crippen LogP contribution in [0.1, 0.15) is 41.0 Å². The summed E-state index contributed by atoms with van der Waals surface area (Å²) < 4.78 is 5.03. The van der Waals surface area contributed by atoms with Crippen molar-refractivity contribution in [3.8, 4) is 5.75 Å². The molecule has 3 amide bonds. The van der Waals surface area contributed by atoms with E-state index in [0.29, 0.717) is 29.0 Å². The largest absolute Gasteiger partial charge is 0.497 e. The third-order valence-electron chi connectivity index (χ3n) is 3.67.